The average Bonchev–Trinajstić information content (AvgIpc) is 2.88. The van der Waals surface area contributed by atoms with Crippen molar-refractivity contribution in [2.45, 2.75) is 45.1 Å². The van der Waals surface area contributed by atoms with E-state index in [1.165, 1.54) is 31.7 Å². The van der Waals surface area contributed by atoms with Crippen molar-refractivity contribution in [3.63, 3.8) is 0 Å². The molecule has 0 atom stereocenters. The average molecular weight is 249 g/mol. The third kappa shape index (κ3) is 3.83. The molecule has 1 aromatic rings. The van der Waals surface area contributed by atoms with E-state index in [9.17, 15) is 9.18 Å². The van der Waals surface area contributed by atoms with Crippen molar-refractivity contribution in [1.82, 2.24) is 5.32 Å². The van der Waals surface area contributed by atoms with Gasteiger partial charge in [0, 0.05) is 18.5 Å². The van der Waals surface area contributed by atoms with Crippen LogP contribution in [0.3, 0.4) is 0 Å². The molecule has 1 N–H and O–H groups in total. The number of halogens is 1. The van der Waals surface area contributed by atoms with E-state index < -0.39 is 0 Å². The Bertz CT molecular complexity index is 399. The number of hydrogen-bond acceptors (Lipinski definition) is 1. The first kappa shape index (κ1) is 13.1. The summed E-state index contributed by atoms with van der Waals surface area (Å²) in [6, 6.07) is 6.55. The molecule has 0 saturated heterocycles. The van der Waals surface area contributed by atoms with Gasteiger partial charge in [0.05, 0.1) is 0 Å². The number of amides is 1. The highest BCUT2D eigenvalue weighted by atomic mass is 19.1. The SMILES string of the molecule is O=C(CCC1CCCC1)NCc1ccccc1F. The van der Waals surface area contributed by atoms with E-state index in [0.29, 0.717) is 12.0 Å². The fourth-order valence-corrected chi connectivity index (χ4v) is 2.56. The highest BCUT2D eigenvalue weighted by Gasteiger charge is 2.16. The molecule has 98 valence electrons. The van der Waals surface area contributed by atoms with Crippen LogP contribution in [0.15, 0.2) is 24.3 Å². The van der Waals surface area contributed by atoms with Crippen molar-refractivity contribution in [2.24, 2.45) is 5.92 Å². The van der Waals surface area contributed by atoms with Crippen molar-refractivity contribution in [3.05, 3.63) is 35.6 Å². The molecule has 0 bridgehead atoms. The molecule has 0 radical (unpaired) electrons. The van der Waals surface area contributed by atoms with Gasteiger partial charge in [-0.1, -0.05) is 43.9 Å². The summed E-state index contributed by atoms with van der Waals surface area (Å²) in [5.41, 5.74) is 0.548. The van der Waals surface area contributed by atoms with Gasteiger partial charge in [0.2, 0.25) is 5.91 Å². The van der Waals surface area contributed by atoms with Crippen LogP contribution in [0, 0.1) is 11.7 Å². The molecule has 1 aliphatic rings. The maximum Gasteiger partial charge on any atom is 0.220 e. The molecular formula is C15H20FNO. The number of carbonyl (C=O) groups excluding carboxylic acids is 1. The Labute approximate surface area is 108 Å². The topological polar surface area (TPSA) is 29.1 Å². The molecule has 0 spiro atoms. The van der Waals surface area contributed by atoms with Gasteiger partial charge in [-0.15, -0.1) is 0 Å². The van der Waals surface area contributed by atoms with E-state index in [1.807, 2.05) is 0 Å². The molecule has 0 aliphatic heterocycles. The molecule has 1 saturated carbocycles. The lowest BCUT2D eigenvalue weighted by atomic mass is 10.0. The summed E-state index contributed by atoms with van der Waals surface area (Å²) in [4.78, 5) is 11.7. The van der Waals surface area contributed by atoms with E-state index in [1.54, 1.807) is 18.2 Å². The maximum absolute atomic E-state index is 13.3. The second kappa shape index (κ2) is 6.53. The molecule has 1 aliphatic carbocycles. The first-order valence-corrected chi connectivity index (χ1v) is 6.76. The smallest absolute Gasteiger partial charge is 0.220 e. The van der Waals surface area contributed by atoms with E-state index in [0.717, 1.165) is 12.3 Å². The van der Waals surface area contributed by atoms with Crippen molar-refractivity contribution >= 4 is 5.91 Å². The first-order chi connectivity index (χ1) is 8.75. The zero-order chi connectivity index (χ0) is 12.8. The summed E-state index contributed by atoms with van der Waals surface area (Å²) >= 11 is 0. The number of hydrogen-bond donors (Lipinski definition) is 1. The van der Waals surface area contributed by atoms with Crippen LogP contribution < -0.4 is 5.32 Å². The van der Waals surface area contributed by atoms with Gasteiger partial charge >= 0.3 is 0 Å². The van der Waals surface area contributed by atoms with Gasteiger partial charge in [0.15, 0.2) is 0 Å². The van der Waals surface area contributed by atoms with E-state index in [-0.39, 0.29) is 18.3 Å². The quantitative estimate of drug-likeness (QED) is 0.851. The minimum Gasteiger partial charge on any atom is -0.352 e. The van der Waals surface area contributed by atoms with Gasteiger partial charge in [-0.2, -0.15) is 0 Å². The summed E-state index contributed by atoms with van der Waals surface area (Å²) in [5.74, 6) is 0.503. The van der Waals surface area contributed by atoms with Gasteiger partial charge in [-0.3, -0.25) is 4.79 Å². The molecule has 0 unspecified atom stereocenters. The zero-order valence-corrected chi connectivity index (χ0v) is 10.6. The molecular weight excluding hydrogens is 229 g/mol. The largest absolute Gasteiger partial charge is 0.352 e. The second-order valence-corrected chi connectivity index (χ2v) is 5.06. The second-order valence-electron chi connectivity index (χ2n) is 5.06. The molecule has 2 rings (SSSR count). The fraction of sp³-hybridized carbons (Fsp3) is 0.533. The Balaban J connectivity index is 1.69. The number of rotatable bonds is 5. The van der Waals surface area contributed by atoms with Gasteiger partial charge in [0.25, 0.3) is 0 Å². The van der Waals surface area contributed by atoms with Crippen LogP contribution in [0.25, 0.3) is 0 Å². The summed E-state index contributed by atoms with van der Waals surface area (Å²) in [7, 11) is 0. The van der Waals surface area contributed by atoms with Crippen molar-refractivity contribution in [2.75, 3.05) is 0 Å². The molecule has 0 heterocycles. The van der Waals surface area contributed by atoms with E-state index in [2.05, 4.69) is 5.32 Å². The number of nitrogens with one attached hydrogen (secondary N) is 1. The molecule has 2 nitrogen and oxygen atoms in total. The molecule has 1 fully saturated rings. The van der Waals surface area contributed by atoms with Crippen LogP contribution >= 0.6 is 0 Å². The highest BCUT2D eigenvalue weighted by molar-refractivity contribution is 5.75. The molecule has 3 heteroatoms. The van der Waals surface area contributed by atoms with Gasteiger partial charge < -0.3 is 5.32 Å². The van der Waals surface area contributed by atoms with Crippen LogP contribution in [0.2, 0.25) is 0 Å². The lowest BCUT2D eigenvalue weighted by molar-refractivity contribution is -0.121. The van der Waals surface area contributed by atoms with Crippen molar-refractivity contribution in [1.29, 1.82) is 0 Å². The molecule has 0 aromatic heterocycles. The Morgan fingerprint density at radius 3 is 2.72 bits per heavy atom. The summed E-state index contributed by atoms with van der Waals surface area (Å²) in [5, 5.41) is 2.78. The Morgan fingerprint density at radius 1 is 1.28 bits per heavy atom. The lowest BCUT2D eigenvalue weighted by Crippen LogP contribution is -2.23. The minimum atomic E-state index is -0.256. The Hall–Kier alpha value is -1.38. The van der Waals surface area contributed by atoms with Gasteiger partial charge in [0.1, 0.15) is 5.82 Å². The number of benzene rings is 1. The highest BCUT2D eigenvalue weighted by Crippen LogP contribution is 2.28. The molecule has 18 heavy (non-hydrogen) atoms. The summed E-state index contributed by atoms with van der Waals surface area (Å²) < 4.78 is 13.3. The zero-order valence-electron chi connectivity index (χ0n) is 10.6. The Morgan fingerprint density at radius 2 is 2.00 bits per heavy atom. The van der Waals surface area contributed by atoms with Gasteiger partial charge in [-0.05, 0) is 18.4 Å². The van der Waals surface area contributed by atoms with Crippen LogP contribution in [0.4, 0.5) is 4.39 Å². The maximum atomic E-state index is 13.3. The van der Waals surface area contributed by atoms with Crippen LogP contribution in [0.5, 0.6) is 0 Å². The normalized spacial score (nSPS) is 15.8. The summed E-state index contributed by atoms with van der Waals surface area (Å²) in [6.45, 7) is 0.288. The van der Waals surface area contributed by atoms with Crippen LogP contribution in [-0.2, 0) is 11.3 Å². The Kier molecular flexibility index (Phi) is 4.73. The first-order valence-electron chi connectivity index (χ1n) is 6.76. The predicted molar refractivity (Wildman–Crippen MR) is 69.4 cm³/mol. The van der Waals surface area contributed by atoms with Crippen molar-refractivity contribution < 1.29 is 9.18 Å². The van der Waals surface area contributed by atoms with Crippen molar-refractivity contribution in [3.8, 4) is 0 Å². The van der Waals surface area contributed by atoms with E-state index >= 15 is 0 Å². The number of carbonyl (C=O) groups is 1. The monoisotopic (exact) mass is 249 g/mol. The van der Waals surface area contributed by atoms with E-state index in [4.69, 9.17) is 0 Å². The fourth-order valence-electron chi connectivity index (χ4n) is 2.56. The van der Waals surface area contributed by atoms with Crippen LogP contribution in [-0.4, -0.2) is 5.91 Å². The third-order valence-electron chi connectivity index (χ3n) is 3.69. The van der Waals surface area contributed by atoms with Crippen LogP contribution in [0.1, 0.15) is 44.1 Å². The minimum absolute atomic E-state index is 0.0325. The molecule has 1 aromatic carbocycles. The summed E-state index contributed by atoms with van der Waals surface area (Å²) in [6.07, 6.45) is 6.69. The predicted octanol–water partition coefficient (Wildman–Crippen LogP) is 3.41. The third-order valence-corrected chi connectivity index (χ3v) is 3.69. The standard InChI is InChI=1S/C15H20FNO/c16-14-8-4-3-7-13(14)11-17-15(18)10-9-12-5-1-2-6-12/h3-4,7-8,12H,1-2,5-6,9-11H2,(H,17,18). The van der Waals surface area contributed by atoms with Gasteiger partial charge in [-0.25, -0.2) is 4.39 Å². The molecule has 1 amide bonds. The lowest BCUT2D eigenvalue weighted by Gasteiger charge is -2.09.